The molecule has 0 aromatic heterocycles. The number of nitrogens with one attached hydrogen (secondary N) is 2. The molecule has 0 bridgehead atoms. The third-order valence-electron chi connectivity index (χ3n) is 6.74. The van der Waals surface area contributed by atoms with E-state index in [0.29, 0.717) is 38.0 Å². The summed E-state index contributed by atoms with van der Waals surface area (Å²) in [6.45, 7) is 16.8. The van der Waals surface area contributed by atoms with Gasteiger partial charge in [0.1, 0.15) is 0 Å². The molecule has 2 aromatic rings. The van der Waals surface area contributed by atoms with E-state index < -0.39 is 0 Å². The van der Waals surface area contributed by atoms with Crippen LogP contribution < -0.4 is 15.5 Å². The van der Waals surface area contributed by atoms with E-state index in [0.717, 1.165) is 72.5 Å². The molecule has 6 nitrogen and oxygen atoms in total. The normalized spacial score (nSPS) is 11.6. The van der Waals surface area contributed by atoms with Crippen LogP contribution in [-0.2, 0) is 11.3 Å². The summed E-state index contributed by atoms with van der Waals surface area (Å²) < 4.78 is 0. The van der Waals surface area contributed by atoms with Crippen LogP contribution in [0.1, 0.15) is 68.6 Å². The second-order valence-electron chi connectivity index (χ2n) is 9.82. The molecule has 0 fully saturated rings. The van der Waals surface area contributed by atoms with E-state index in [9.17, 15) is 10.0 Å². The van der Waals surface area contributed by atoms with Crippen LogP contribution in [0.2, 0.25) is 0 Å². The number of nitrogens with zero attached hydrogens (tertiary/aromatic N) is 2. The van der Waals surface area contributed by atoms with Gasteiger partial charge in [0, 0.05) is 54.3 Å². The summed E-state index contributed by atoms with van der Waals surface area (Å²) in [5.41, 5.74) is 6.26. The fourth-order valence-corrected chi connectivity index (χ4v) is 4.44. The Morgan fingerprint density at radius 2 is 1.56 bits per heavy atom. The van der Waals surface area contributed by atoms with Gasteiger partial charge in [-0.3, -0.25) is 15.1 Å². The van der Waals surface area contributed by atoms with Crippen LogP contribution in [0.15, 0.2) is 85.4 Å². The smallest absolute Gasteiger partial charge is 0.227 e. The van der Waals surface area contributed by atoms with Gasteiger partial charge in [0.2, 0.25) is 5.91 Å². The number of unbranched alkanes of at least 4 members (excludes halogenated alkanes) is 2. The fourth-order valence-electron chi connectivity index (χ4n) is 4.44. The Bertz CT molecular complexity index is 1220. The summed E-state index contributed by atoms with van der Waals surface area (Å²) >= 11 is 0. The maximum absolute atomic E-state index is 13.4. The zero-order chi connectivity index (χ0) is 28.0. The summed E-state index contributed by atoms with van der Waals surface area (Å²) in [7, 11) is 0. The van der Waals surface area contributed by atoms with Gasteiger partial charge in [-0.1, -0.05) is 61.9 Å². The number of carbonyl (C=O) groups excluding carboxylic acids is 1. The van der Waals surface area contributed by atoms with E-state index in [1.54, 1.807) is 0 Å². The van der Waals surface area contributed by atoms with Crippen molar-refractivity contribution in [3.05, 3.63) is 102 Å². The number of allylic oxidation sites excluding steroid dienone is 3. The monoisotopic (exact) mass is 526 g/mol. The van der Waals surface area contributed by atoms with Crippen molar-refractivity contribution in [3.8, 4) is 11.8 Å². The van der Waals surface area contributed by atoms with Gasteiger partial charge in [-0.05, 0) is 69.2 Å². The lowest BCUT2D eigenvalue weighted by molar-refractivity contribution is -0.118. The lowest BCUT2D eigenvalue weighted by Gasteiger charge is -2.26. The molecule has 1 aliphatic rings. The molecular formula is C33H42N4O2. The Labute approximate surface area is 234 Å². The number of hydroxylamine groups is 2. The number of benzene rings is 2. The number of fused-ring (bicyclic) bond motifs is 2. The van der Waals surface area contributed by atoms with Crippen molar-refractivity contribution in [1.29, 1.82) is 0 Å². The molecule has 2 aromatic carbocycles. The lowest BCUT2D eigenvalue weighted by atomic mass is 10.0. The fraction of sp³-hybridized carbons (Fsp3) is 0.364. The number of hydrogen-bond acceptors (Lipinski definition) is 5. The molecule has 0 unspecified atom stereocenters. The molecular weight excluding hydrogens is 484 g/mol. The van der Waals surface area contributed by atoms with Crippen LogP contribution >= 0.6 is 0 Å². The summed E-state index contributed by atoms with van der Waals surface area (Å²) in [5.74, 6) is 6.55. The zero-order valence-electron chi connectivity index (χ0n) is 23.3. The first kappa shape index (κ1) is 29.6. The second kappa shape index (κ2) is 15.5. The van der Waals surface area contributed by atoms with E-state index in [1.165, 1.54) is 5.06 Å². The maximum Gasteiger partial charge on any atom is 0.227 e. The molecule has 0 atom stereocenters. The van der Waals surface area contributed by atoms with Crippen molar-refractivity contribution < 1.29 is 10.0 Å². The Balaban J connectivity index is 1.38. The Hall–Kier alpha value is -3.95. The predicted octanol–water partition coefficient (Wildman–Crippen LogP) is 6.10. The number of amides is 1. The minimum atomic E-state index is 0.0567. The number of para-hydroxylation sites is 1. The standard InChI is InChI=1S/C33H42N4O2/c1-5-34-26(2)17-19-28(4)37(39)24-12-6-11-23-35-27(3)18-22-33(38)36-25-31-15-8-7-13-29(31)20-21-30-14-9-10-16-32(30)36/h7-10,13-16,34-35,39H,2-6,11-12,17-19,22-25H2,1H3. The van der Waals surface area contributed by atoms with Crippen LogP contribution in [0.5, 0.6) is 0 Å². The number of anilines is 1. The van der Waals surface area contributed by atoms with Gasteiger partial charge in [-0.25, -0.2) is 0 Å². The molecule has 0 aliphatic carbocycles. The highest BCUT2D eigenvalue weighted by molar-refractivity contribution is 5.95. The van der Waals surface area contributed by atoms with Gasteiger partial charge in [0.15, 0.2) is 0 Å². The Morgan fingerprint density at radius 1 is 0.897 bits per heavy atom. The van der Waals surface area contributed by atoms with E-state index in [2.05, 4.69) is 42.2 Å². The van der Waals surface area contributed by atoms with Gasteiger partial charge < -0.3 is 15.5 Å². The Kier molecular flexibility index (Phi) is 11.7. The molecule has 1 heterocycles. The highest BCUT2D eigenvalue weighted by atomic mass is 16.5. The molecule has 0 saturated heterocycles. The summed E-state index contributed by atoms with van der Waals surface area (Å²) in [6, 6.07) is 15.8. The van der Waals surface area contributed by atoms with Crippen LogP contribution in [0.3, 0.4) is 0 Å². The molecule has 39 heavy (non-hydrogen) atoms. The number of hydrogen-bond donors (Lipinski definition) is 3. The molecule has 1 amide bonds. The summed E-state index contributed by atoms with van der Waals surface area (Å²) in [6.07, 6.45) is 5.20. The van der Waals surface area contributed by atoms with E-state index in [1.807, 2.05) is 60.4 Å². The average molecular weight is 527 g/mol. The van der Waals surface area contributed by atoms with Gasteiger partial charge >= 0.3 is 0 Å². The molecule has 6 heteroatoms. The van der Waals surface area contributed by atoms with Crippen molar-refractivity contribution in [2.75, 3.05) is 24.5 Å². The largest absolute Gasteiger partial charge is 0.389 e. The summed E-state index contributed by atoms with van der Waals surface area (Å²) in [4.78, 5) is 15.2. The van der Waals surface area contributed by atoms with Crippen molar-refractivity contribution in [2.45, 2.75) is 58.4 Å². The minimum absolute atomic E-state index is 0.0567. The average Bonchev–Trinajstić information content (AvgIpc) is 2.93. The van der Waals surface area contributed by atoms with Gasteiger partial charge in [0.05, 0.1) is 12.2 Å². The SMILES string of the molecule is C=C(CCC(=C)N(O)CCCCCNC(=C)CCC(=O)N1Cc2ccccc2C#Cc2ccccc21)NCC. The van der Waals surface area contributed by atoms with Crippen molar-refractivity contribution in [1.82, 2.24) is 15.7 Å². The van der Waals surface area contributed by atoms with Gasteiger partial charge in [-0.2, -0.15) is 0 Å². The maximum atomic E-state index is 13.4. The second-order valence-corrected chi connectivity index (χ2v) is 9.82. The lowest BCUT2D eigenvalue weighted by Crippen LogP contribution is -2.32. The first-order valence-electron chi connectivity index (χ1n) is 13.9. The minimum Gasteiger partial charge on any atom is -0.389 e. The third-order valence-corrected chi connectivity index (χ3v) is 6.74. The van der Waals surface area contributed by atoms with E-state index in [-0.39, 0.29) is 5.91 Å². The zero-order valence-corrected chi connectivity index (χ0v) is 23.3. The van der Waals surface area contributed by atoms with Crippen LogP contribution in [-0.4, -0.2) is 35.8 Å². The molecule has 0 radical (unpaired) electrons. The molecule has 0 saturated carbocycles. The predicted molar refractivity (Wildman–Crippen MR) is 160 cm³/mol. The highest BCUT2D eigenvalue weighted by Gasteiger charge is 2.21. The first-order chi connectivity index (χ1) is 18.9. The summed E-state index contributed by atoms with van der Waals surface area (Å²) in [5, 5.41) is 18.0. The topological polar surface area (TPSA) is 67.8 Å². The quantitative estimate of drug-likeness (QED) is 0.140. The van der Waals surface area contributed by atoms with Crippen LogP contribution in [0.25, 0.3) is 0 Å². The van der Waals surface area contributed by atoms with E-state index >= 15 is 0 Å². The van der Waals surface area contributed by atoms with Gasteiger partial charge in [-0.15, -0.1) is 0 Å². The van der Waals surface area contributed by atoms with Crippen molar-refractivity contribution in [2.24, 2.45) is 0 Å². The van der Waals surface area contributed by atoms with Crippen molar-refractivity contribution >= 4 is 11.6 Å². The van der Waals surface area contributed by atoms with E-state index in [4.69, 9.17) is 0 Å². The van der Waals surface area contributed by atoms with Gasteiger partial charge in [0.25, 0.3) is 0 Å². The van der Waals surface area contributed by atoms with Crippen LogP contribution in [0, 0.1) is 11.8 Å². The molecule has 3 N–H and O–H groups in total. The molecule has 1 aliphatic heterocycles. The van der Waals surface area contributed by atoms with Crippen LogP contribution in [0.4, 0.5) is 5.69 Å². The highest BCUT2D eigenvalue weighted by Crippen LogP contribution is 2.26. The number of rotatable bonds is 16. The molecule has 3 rings (SSSR count). The molecule has 0 spiro atoms. The van der Waals surface area contributed by atoms with Crippen molar-refractivity contribution in [3.63, 3.8) is 0 Å². The molecule has 206 valence electrons. The Morgan fingerprint density at radius 3 is 2.36 bits per heavy atom. The third kappa shape index (κ3) is 9.38. The first-order valence-corrected chi connectivity index (χ1v) is 13.9. The number of carbonyl (C=O) groups is 1.